The first-order valence-electron chi connectivity index (χ1n) is 15.4. The van der Waals surface area contributed by atoms with Crippen molar-refractivity contribution >= 4 is 0 Å². The van der Waals surface area contributed by atoms with Crippen molar-refractivity contribution in [3.63, 3.8) is 0 Å². The number of halogens is 2. The molecule has 0 spiro atoms. The fraction of sp³-hybridized carbons (Fsp3) is 0.600. The molecule has 208 valence electrons. The summed E-state index contributed by atoms with van der Waals surface area (Å²) in [7, 11) is 0. The predicted octanol–water partition coefficient (Wildman–Crippen LogP) is 10.7. The summed E-state index contributed by atoms with van der Waals surface area (Å²) in [5, 5.41) is 0. The highest BCUT2D eigenvalue weighted by Gasteiger charge is 2.30. The van der Waals surface area contributed by atoms with Crippen LogP contribution in [-0.2, 0) is 6.42 Å². The minimum Gasteiger partial charge on any atom is -0.490 e. The third-order valence-electron chi connectivity index (χ3n) is 9.34. The van der Waals surface area contributed by atoms with Gasteiger partial charge in [-0.05, 0) is 112 Å². The Balaban J connectivity index is 1.20. The molecule has 2 fully saturated rings. The Labute approximate surface area is 230 Å². The Kier molecular flexibility index (Phi) is 11.3. The Morgan fingerprint density at radius 1 is 0.789 bits per heavy atom. The van der Waals surface area contributed by atoms with Gasteiger partial charge in [0.1, 0.15) is 0 Å². The van der Waals surface area contributed by atoms with Crippen LogP contribution >= 0.6 is 0 Å². The fourth-order valence-electron chi connectivity index (χ4n) is 6.81. The van der Waals surface area contributed by atoms with Gasteiger partial charge in [0.25, 0.3) is 0 Å². The van der Waals surface area contributed by atoms with E-state index in [0.29, 0.717) is 17.7 Å². The van der Waals surface area contributed by atoms with Crippen LogP contribution in [-0.4, -0.2) is 6.61 Å². The largest absolute Gasteiger partial charge is 0.490 e. The van der Waals surface area contributed by atoms with Crippen molar-refractivity contribution in [1.29, 1.82) is 0 Å². The summed E-state index contributed by atoms with van der Waals surface area (Å²) >= 11 is 0. The maximum absolute atomic E-state index is 14.7. The van der Waals surface area contributed by atoms with Crippen molar-refractivity contribution in [2.75, 3.05) is 6.61 Å². The summed E-state index contributed by atoms with van der Waals surface area (Å²) in [4.78, 5) is 0. The molecular formula is C35H48F2O. The topological polar surface area (TPSA) is 9.23 Å². The molecule has 4 rings (SSSR count). The Hall–Kier alpha value is -2.16. The fourth-order valence-corrected chi connectivity index (χ4v) is 6.81. The van der Waals surface area contributed by atoms with Gasteiger partial charge in [-0.3, -0.25) is 0 Å². The second-order valence-corrected chi connectivity index (χ2v) is 11.9. The normalized spacial score (nSPS) is 24.1. The summed E-state index contributed by atoms with van der Waals surface area (Å²) in [5.41, 5.74) is 2.29. The lowest BCUT2D eigenvalue weighted by Gasteiger charge is -2.38. The van der Waals surface area contributed by atoms with Crippen LogP contribution in [0.15, 0.2) is 48.6 Å². The van der Waals surface area contributed by atoms with Gasteiger partial charge < -0.3 is 4.74 Å². The minimum absolute atomic E-state index is 0.00112. The summed E-state index contributed by atoms with van der Waals surface area (Å²) < 4.78 is 34.6. The zero-order valence-electron chi connectivity index (χ0n) is 23.7. The van der Waals surface area contributed by atoms with E-state index in [1.54, 1.807) is 12.1 Å². The molecule has 0 aromatic heterocycles. The molecule has 2 aromatic rings. The van der Waals surface area contributed by atoms with Crippen LogP contribution in [0.4, 0.5) is 8.78 Å². The number of allylic oxidation sites excluding steroid dienone is 2. The van der Waals surface area contributed by atoms with Crippen LogP contribution in [0.2, 0.25) is 0 Å². The van der Waals surface area contributed by atoms with Crippen molar-refractivity contribution in [2.45, 2.75) is 104 Å². The zero-order chi connectivity index (χ0) is 26.7. The number of rotatable bonds is 12. The third-order valence-corrected chi connectivity index (χ3v) is 9.34. The molecule has 0 radical (unpaired) electrons. The van der Waals surface area contributed by atoms with Gasteiger partial charge in [0.05, 0.1) is 6.61 Å². The van der Waals surface area contributed by atoms with Crippen molar-refractivity contribution in [3.05, 3.63) is 65.7 Å². The van der Waals surface area contributed by atoms with E-state index >= 15 is 0 Å². The van der Waals surface area contributed by atoms with Crippen LogP contribution in [0, 0.1) is 35.3 Å². The van der Waals surface area contributed by atoms with E-state index in [9.17, 15) is 8.78 Å². The minimum atomic E-state index is -0.893. The van der Waals surface area contributed by atoms with Gasteiger partial charge in [0, 0.05) is 5.56 Å². The lowest BCUT2D eigenvalue weighted by atomic mass is 9.68. The van der Waals surface area contributed by atoms with E-state index < -0.39 is 11.6 Å². The second-order valence-electron chi connectivity index (χ2n) is 11.9. The smallest absolute Gasteiger partial charge is 0.201 e. The molecule has 0 bridgehead atoms. The van der Waals surface area contributed by atoms with Crippen LogP contribution < -0.4 is 4.74 Å². The first-order valence-corrected chi connectivity index (χ1v) is 15.4. The lowest BCUT2D eigenvalue weighted by molar-refractivity contribution is 0.141. The Morgan fingerprint density at radius 2 is 1.42 bits per heavy atom. The van der Waals surface area contributed by atoms with Crippen LogP contribution in [0.3, 0.4) is 0 Å². The van der Waals surface area contributed by atoms with E-state index in [0.717, 1.165) is 42.9 Å². The van der Waals surface area contributed by atoms with Crippen molar-refractivity contribution in [2.24, 2.45) is 23.7 Å². The van der Waals surface area contributed by atoms with Gasteiger partial charge in [-0.1, -0.05) is 75.4 Å². The highest BCUT2D eigenvalue weighted by molar-refractivity contribution is 5.65. The molecular weight excluding hydrogens is 474 g/mol. The molecule has 0 heterocycles. The molecule has 0 N–H and O–H groups in total. The Morgan fingerprint density at radius 3 is 2.03 bits per heavy atom. The van der Waals surface area contributed by atoms with E-state index in [2.05, 4.69) is 31.2 Å². The molecule has 0 saturated heterocycles. The molecule has 3 heteroatoms. The molecule has 0 amide bonds. The molecule has 2 aromatic carbocycles. The molecule has 1 nitrogen and oxygen atoms in total. The number of unbranched alkanes of at least 4 members (excludes halogenated alkanes) is 1. The molecule has 0 aliphatic heterocycles. The van der Waals surface area contributed by atoms with Crippen LogP contribution in [0.25, 0.3) is 11.1 Å². The summed E-state index contributed by atoms with van der Waals surface area (Å²) in [5.74, 6) is 2.00. The molecule has 2 aliphatic rings. The second kappa shape index (κ2) is 14.8. The first kappa shape index (κ1) is 28.8. The molecule has 2 aliphatic carbocycles. The van der Waals surface area contributed by atoms with Crippen molar-refractivity contribution in [1.82, 2.24) is 0 Å². The molecule has 38 heavy (non-hydrogen) atoms. The van der Waals surface area contributed by atoms with Gasteiger partial charge in [-0.25, -0.2) is 4.39 Å². The number of hydrogen-bond donors (Lipinski definition) is 0. The Bertz CT molecular complexity index is 995. The molecule has 0 atom stereocenters. The van der Waals surface area contributed by atoms with Gasteiger partial charge in [-0.2, -0.15) is 4.39 Å². The van der Waals surface area contributed by atoms with Crippen LogP contribution in [0.1, 0.15) is 103 Å². The summed E-state index contributed by atoms with van der Waals surface area (Å²) in [6.45, 7) is 4.57. The first-order chi connectivity index (χ1) is 18.6. The SMILES string of the molecule is C/C=C/CCC1CCC(C2CCC(CCc3ccc(-c4ccc(OCCCC)c(F)c4F)cc3)CC2)CC1. The maximum atomic E-state index is 14.7. The van der Waals surface area contributed by atoms with E-state index in [4.69, 9.17) is 4.74 Å². The third kappa shape index (κ3) is 7.93. The number of ether oxygens (including phenoxy) is 1. The van der Waals surface area contributed by atoms with Crippen molar-refractivity contribution in [3.8, 4) is 16.9 Å². The average molecular weight is 523 g/mol. The van der Waals surface area contributed by atoms with E-state index in [-0.39, 0.29) is 5.75 Å². The lowest BCUT2D eigenvalue weighted by Crippen LogP contribution is -2.26. The maximum Gasteiger partial charge on any atom is 0.201 e. The zero-order valence-corrected chi connectivity index (χ0v) is 23.7. The number of benzene rings is 2. The average Bonchev–Trinajstić information content (AvgIpc) is 2.96. The standard InChI is InChI=1S/C35H48F2O/c1-3-5-7-8-26-11-17-29(18-12-26)30-19-13-27(14-20-30)9-10-28-15-21-31(22-16-28)32-23-24-33(35(37)34(32)36)38-25-6-4-2/h3,5,15-16,21-24,26-27,29-30H,4,6-14,17-20,25H2,1-2H3/b5-3+. The van der Waals surface area contributed by atoms with E-state index in [1.165, 1.54) is 76.2 Å². The van der Waals surface area contributed by atoms with Crippen molar-refractivity contribution < 1.29 is 13.5 Å². The summed E-state index contributed by atoms with van der Waals surface area (Å²) in [6.07, 6.45) is 22.6. The molecule has 0 unspecified atom stereocenters. The summed E-state index contributed by atoms with van der Waals surface area (Å²) in [6, 6.07) is 11.2. The monoisotopic (exact) mass is 522 g/mol. The number of aryl methyl sites for hydroxylation is 1. The van der Waals surface area contributed by atoms with Crippen LogP contribution in [0.5, 0.6) is 5.75 Å². The van der Waals surface area contributed by atoms with Gasteiger partial charge in [-0.15, -0.1) is 0 Å². The quantitative estimate of drug-likeness (QED) is 0.199. The van der Waals surface area contributed by atoms with Gasteiger partial charge >= 0.3 is 0 Å². The van der Waals surface area contributed by atoms with Gasteiger partial charge in [0.2, 0.25) is 5.82 Å². The van der Waals surface area contributed by atoms with Gasteiger partial charge in [0.15, 0.2) is 11.6 Å². The predicted molar refractivity (Wildman–Crippen MR) is 155 cm³/mol. The highest BCUT2D eigenvalue weighted by Crippen LogP contribution is 2.43. The van der Waals surface area contributed by atoms with E-state index in [1.807, 2.05) is 19.1 Å². The number of hydrogen-bond acceptors (Lipinski definition) is 1. The molecule has 2 saturated carbocycles. The highest BCUT2D eigenvalue weighted by atomic mass is 19.2.